The number of rotatable bonds is 10. The van der Waals surface area contributed by atoms with Crippen molar-refractivity contribution in [3.8, 4) is 11.5 Å². The lowest BCUT2D eigenvalue weighted by Crippen LogP contribution is -2.30. The van der Waals surface area contributed by atoms with Gasteiger partial charge in [0.2, 0.25) is 5.91 Å². The molecule has 0 fully saturated rings. The van der Waals surface area contributed by atoms with Gasteiger partial charge in [0.25, 0.3) is 0 Å². The van der Waals surface area contributed by atoms with Crippen LogP contribution in [0.15, 0.2) is 18.2 Å². The van der Waals surface area contributed by atoms with E-state index >= 15 is 0 Å². The third kappa shape index (κ3) is 6.05. The van der Waals surface area contributed by atoms with Crippen molar-refractivity contribution in [3.63, 3.8) is 0 Å². The molecule has 0 atom stereocenters. The van der Waals surface area contributed by atoms with Crippen molar-refractivity contribution in [3.05, 3.63) is 23.8 Å². The van der Waals surface area contributed by atoms with E-state index in [0.29, 0.717) is 36.8 Å². The van der Waals surface area contributed by atoms with Crippen LogP contribution in [-0.2, 0) is 4.79 Å². The molecular weight excluding hydrogens is 320 g/mol. The monoisotopic (exact) mass is 348 g/mol. The van der Waals surface area contributed by atoms with Crippen molar-refractivity contribution < 1.29 is 19.1 Å². The SMILES string of the molecule is CCN(CC)CCCNC(=O)CCC(=O)c1ccc2c(c1)OCCO2. The van der Waals surface area contributed by atoms with Gasteiger partial charge in [-0.3, -0.25) is 9.59 Å². The molecule has 0 spiro atoms. The second-order valence-electron chi connectivity index (χ2n) is 6.01. The van der Waals surface area contributed by atoms with Gasteiger partial charge in [-0.15, -0.1) is 0 Å². The van der Waals surface area contributed by atoms with Crippen LogP contribution in [0.1, 0.15) is 43.5 Å². The number of fused-ring (bicyclic) bond motifs is 1. The Morgan fingerprint density at radius 1 is 1.08 bits per heavy atom. The van der Waals surface area contributed by atoms with Crippen LogP contribution in [0.4, 0.5) is 0 Å². The standard InChI is InChI=1S/C19H28N2O4/c1-3-21(4-2)11-5-10-20-19(23)9-7-16(22)15-6-8-17-18(14-15)25-13-12-24-17/h6,8,14H,3-5,7,9-13H2,1-2H3,(H,20,23). The minimum absolute atomic E-state index is 0.0599. The lowest BCUT2D eigenvalue weighted by Gasteiger charge is -2.18. The number of hydrogen-bond donors (Lipinski definition) is 1. The lowest BCUT2D eigenvalue weighted by molar-refractivity contribution is -0.121. The molecule has 0 saturated heterocycles. The molecule has 0 bridgehead atoms. The second kappa shape index (κ2) is 10.0. The Labute approximate surface area is 149 Å². The normalized spacial score (nSPS) is 12.9. The summed E-state index contributed by atoms with van der Waals surface area (Å²) in [5, 5.41) is 2.88. The topological polar surface area (TPSA) is 67.9 Å². The molecule has 0 saturated carbocycles. The first-order valence-electron chi connectivity index (χ1n) is 9.06. The Kier molecular flexibility index (Phi) is 7.73. The van der Waals surface area contributed by atoms with Gasteiger partial charge < -0.3 is 19.7 Å². The maximum atomic E-state index is 12.2. The number of nitrogens with zero attached hydrogens (tertiary/aromatic N) is 1. The number of hydrogen-bond acceptors (Lipinski definition) is 5. The predicted octanol–water partition coefficient (Wildman–Crippen LogP) is 2.27. The van der Waals surface area contributed by atoms with Crippen molar-refractivity contribution in [2.75, 3.05) is 39.4 Å². The van der Waals surface area contributed by atoms with Crippen LogP contribution < -0.4 is 14.8 Å². The fraction of sp³-hybridized carbons (Fsp3) is 0.579. The highest BCUT2D eigenvalue weighted by atomic mass is 16.6. The third-order valence-corrected chi connectivity index (χ3v) is 4.31. The Hall–Kier alpha value is -2.08. The zero-order valence-electron chi connectivity index (χ0n) is 15.2. The summed E-state index contributed by atoms with van der Waals surface area (Å²) in [7, 11) is 0. The second-order valence-corrected chi connectivity index (χ2v) is 6.01. The van der Waals surface area contributed by atoms with Crippen LogP contribution >= 0.6 is 0 Å². The van der Waals surface area contributed by atoms with Crippen LogP contribution in [0.2, 0.25) is 0 Å². The van der Waals surface area contributed by atoms with Gasteiger partial charge >= 0.3 is 0 Å². The summed E-state index contributed by atoms with van der Waals surface area (Å²) in [5.41, 5.74) is 0.554. The fourth-order valence-corrected chi connectivity index (χ4v) is 2.75. The number of carbonyl (C=O) groups is 2. The summed E-state index contributed by atoms with van der Waals surface area (Å²) < 4.78 is 10.9. The minimum atomic E-state index is -0.0783. The summed E-state index contributed by atoms with van der Waals surface area (Å²) in [6.07, 6.45) is 1.32. The summed E-state index contributed by atoms with van der Waals surface area (Å²) in [6.45, 7) is 8.94. The molecule has 25 heavy (non-hydrogen) atoms. The predicted molar refractivity (Wildman–Crippen MR) is 96.4 cm³/mol. The molecular formula is C19H28N2O4. The van der Waals surface area contributed by atoms with E-state index in [-0.39, 0.29) is 24.5 Å². The van der Waals surface area contributed by atoms with Gasteiger partial charge in [-0.05, 0) is 44.3 Å². The minimum Gasteiger partial charge on any atom is -0.486 e. The zero-order valence-corrected chi connectivity index (χ0v) is 15.2. The summed E-state index contributed by atoms with van der Waals surface area (Å²) >= 11 is 0. The van der Waals surface area contributed by atoms with E-state index in [0.717, 1.165) is 26.1 Å². The molecule has 0 radical (unpaired) electrons. The maximum Gasteiger partial charge on any atom is 0.220 e. The first kappa shape index (κ1) is 19.2. The molecule has 6 heteroatoms. The summed E-state index contributed by atoms with van der Waals surface area (Å²) in [6, 6.07) is 5.16. The number of Topliss-reactive ketones (excluding diaryl/α,β-unsaturated/α-hetero) is 1. The van der Waals surface area contributed by atoms with Crippen molar-refractivity contribution >= 4 is 11.7 Å². The van der Waals surface area contributed by atoms with E-state index in [1.807, 2.05) is 0 Å². The van der Waals surface area contributed by atoms with E-state index in [2.05, 4.69) is 24.1 Å². The maximum absolute atomic E-state index is 12.2. The average Bonchev–Trinajstić information content (AvgIpc) is 2.65. The van der Waals surface area contributed by atoms with E-state index < -0.39 is 0 Å². The van der Waals surface area contributed by atoms with Gasteiger partial charge in [0.1, 0.15) is 13.2 Å². The quantitative estimate of drug-likeness (QED) is 0.519. The number of benzene rings is 1. The Balaban J connectivity index is 1.70. The van der Waals surface area contributed by atoms with E-state index in [9.17, 15) is 9.59 Å². The first-order chi connectivity index (χ1) is 12.1. The smallest absolute Gasteiger partial charge is 0.220 e. The summed E-state index contributed by atoms with van der Waals surface area (Å²) in [5.74, 6) is 1.12. The van der Waals surface area contributed by atoms with Gasteiger partial charge in [-0.2, -0.15) is 0 Å². The molecule has 6 nitrogen and oxygen atoms in total. The molecule has 1 aliphatic rings. The number of ether oxygens (including phenoxy) is 2. The molecule has 0 unspecified atom stereocenters. The highest BCUT2D eigenvalue weighted by Crippen LogP contribution is 2.31. The molecule has 0 aromatic heterocycles. The largest absolute Gasteiger partial charge is 0.486 e. The number of nitrogens with one attached hydrogen (secondary N) is 1. The number of amides is 1. The Bertz CT molecular complexity index is 585. The molecule has 138 valence electrons. The average molecular weight is 348 g/mol. The third-order valence-electron chi connectivity index (χ3n) is 4.31. The van der Waals surface area contributed by atoms with Gasteiger partial charge in [-0.25, -0.2) is 0 Å². The lowest BCUT2D eigenvalue weighted by atomic mass is 10.1. The summed E-state index contributed by atoms with van der Waals surface area (Å²) in [4.78, 5) is 26.4. The Morgan fingerprint density at radius 3 is 2.52 bits per heavy atom. The Morgan fingerprint density at radius 2 is 1.80 bits per heavy atom. The molecule has 1 aliphatic heterocycles. The molecule has 2 rings (SSSR count). The fourth-order valence-electron chi connectivity index (χ4n) is 2.75. The molecule has 1 heterocycles. The van der Waals surface area contributed by atoms with Crippen LogP contribution in [0.5, 0.6) is 11.5 Å². The van der Waals surface area contributed by atoms with E-state index in [4.69, 9.17) is 9.47 Å². The van der Waals surface area contributed by atoms with E-state index in [1.165, 1.54) is 0 Å². The van der Waals surface area contributed by atoms with Crippen LogP contribution in [-0.4, -0.2) is 56.0 Å². The molecule has 0 aliphatic carbocycles. The van der Waals surface area contributed by atoms with Gasteiger partial charge in [0, 0.05) is 24.9 Å². The number of ketones is 1. The first-order valence-corrected chi connectivity index (χ1v) is 9.06. The highest BCUT2D eigenvalue weighted by Gasteiger charge is 2.15. The van der Waals surface area contributed by atoms with Gasteiger partial charge in [-0.1, -0.05) is 13.8 Å². The number of carbonyl (C=O) groups excluding carboxylic acids is 2. The van der Waals surface area contributed by atoms with Crippen molar-refractivity contribution in [2.24, 2.45) is 0 Å². The molecule has 1 N–H and O–H groups in total. The van der Waals surface area contributed by atoms with Crippen molar-refractivity contribution in [1.29, 1.82) is 0 Å². The van der Waals surface area contributed by atoms with Crippen LogP contribution in [0, 0.1) is 0 Å². The van der Waals surface area contributed by atoms with E-state index in [1.54, 1.807) is 18.2 Å². The van der Waals surface area contributed by atoms with Crippen LogP contribution in [0.25, 0.3) is 0 Å². The van der Waals surface area contributed by atoms with Crippen LogP contribution in [0.3, 0.4) is 0 Å². The molecule has 1 amide bonds. The molecule has 1 aromatic rings. The highest BCUT2D eigenvalue weighted by molar-refractivity contribution is 5.98. The zero-order chi connectivity index (χ0) is 18.1. The van der Waals surface area contributed by atoms with Gasteiger partial charge in [0.15, 0.2) is 17.3 Å². The van der Waals surface area contributed by atoms with Crippen molar-refractivity contribution in [2.45, 2.75) is 33.1 Å². The van der Waals surface area contributed by atoms with Crippen molar-refractivity contribution in [1.82, 2.24) is 10.2 Å². The molecule has 1 aromatic carbocycles. The van der Waals surface area contributed by atoms with Gasteiger partial charge in [0.05, 0.1) is 0 Å².